The van der Waals surface area contributed by atoms with E-state index >= 15 is 0 Å². The number of benzene rings is 2. The largest absolute Gasteiger partial charge is 0.465 e. The van der Waals surface area contributed by atoms with Crippen LogP contribution in [0, 0.1) is 0 Å². The Kier molecular flexibility index (Phi) is 5.07. The predicted molar refractivity (Wildman–Crippen MR) is 112 cm³/mol. The average Bonchev–Trinajstić information content (AvgIpc) is 3.22. The first-order valence-corrected chi connectivity index (χ1v) is 9.12. The molecule has 0 unspecified atom stereocenters. The zero-order valence-corrected chi connectivity index (χ0v) is 16.3. The first kappa shape index (κ1) is 19.4. The van der Waals surface area contributed by atoms with E-state index in [-0.39, 0.29) is 5.76 Å². The minimum absolute atomic E-state index is 0.281. The number of carbonyl (C=O) groups is 1. The smallest absolute Gasteiger partial charge is 0.349 e. The van der Waals surface area contributed by atoms with E-state index in [1.165, 1.54) is 13.3 Å². The number of carbonyl (C=O) groups excluding carboxylic acids is 1. The lowest BCUT2D eigenvalue weighted by atomic mass is 10.1. The molecule has 0 aliphatic heterocycles. The fourth-order valence-corrected chi connectivity index (χ4v) is 3.11. The summed E-state index contributed by atoms with van der Waals surface area (Å²) in [7, 11) is 1.29. The quantitative estimate of drug-likeness (QED) is 0.400. The number of aromatic amines is 1. The van der Waals surface area contributed by atoms with E-state index in [4.69, 9.17) is 20.8 Å². The number of hydrogen-bond donors (Lipinski definition) is 1. The van der Waals surface area contributed by atoms with Crippen molar-refractivity contribution in [3.63, 3.8) is 0 Å². The predicted octanol–water partition coefficient (Wildman–Crippen LogP) is 3.27. The van der Waals surface area contributed by atoms with Gasteiger partial charge in [-0.3, -0.25) is 4.79 Å². The van der Waals surface area contributed by atoms with E-state index in [9.17, 15) is 14.4 Å². The van der Waals surface area contributed by atoms with E-state index in [1.54, 1.807) is 54.6 Å². The van der Waals surface area contributed by atoms with E-state index in [1.807, 2.05) is 0 Å². The van der Waals surface area contributed by atoms with Gasteiger partial charge < -0.3 is 14.1 Å². The van der Waals surface area contributed by atoms with Crippen LogP contribution in [0.2, 0.25) is 5.02 Å². The summed E-state index contributed by atoms with van der Waals surface area (Å²) in [5.74, 6) is 0.159. The molecule has 150 valence electrons. The summed E-state index contributed by atoms with van der Waals surface area (Å²) in [6.45, 7) is 0. The molecule has 2 aromatic heterocycles. The fourth-order valence-electron chi connectivity index (χ4n) is 2.90. The Hall–Kier alpha value is -3.91. The Bertz CT molecular complexity index is 1410. The number of ether oxygens (including phenoxy) is 1. The van der Waals surface area contributed by atoms with Crippen LogP contribution in [0.5, 0.6) is 0 Å². The van der Waals surface area contributed by atoms with E-state index in [2.05, 4.69) is 10.1 Å². The summed E-state index contributed by atoms with van der Waals surface area (Å²) in [5.41, 5.74) is 0.0128. The molecule has 9 heteroatoms. The zero-order chi connectivity index (χ0) is 21.3. The summed E-state index contributed by atoms with van der Waals surface area (Å²) in [6, 6.07) is 14.5. The average molecular weight is 424 g/mol. The highest BCUT2D eigenvalue weighted by Crippen LogP contribution is 2.30. The van der Waals surface area contributed by atoms with Crippen molar-refractivity contribution in [3.05, 3.63) is 91.8 Å². The number of furan rings is 1. The van der Waals surface area contributed by atoms with Gasteiger partial charge in [-0.05, 0) is 42.5 Å². The minimum Gasteiger partial charge on any atom is -0.465 e. The van der Waals surface area contributed by atoms with Crippen molar-refractivity contribution in [2.24, 2.45) is 5.10 Å². The second-order valence-corrected chi connectivity index (χ2v) is 6.63. The standard InChI is InChI=1S/C21H14ClN3O5/c1-29-20(27)12-6-8-16(22)15(10-12)18-9-7-13(30-18)11-23-25-19(26)14-4-2-3-5-17(14)24-21(25)28/h2-11H,1H3,(H,24,28). The molecule has 2 aromatic carbocycles. The van der Waals surface area contributed by atoms with Crippen LogP contribution in [0.1, 0.15) is 16.1 Å². The molecule has 0 saturated heterocycles. The van der Waals surface area contributed by atoms with Crippen molar-refractivity contribution in [2.45, 2.75) is 0 Å². The second kappa shape index (κ2) is 7.84. The number of hydrogen-bond acceptors (Lipinski definition) is 6. The first-order chi connectivity index (χ1) is 14.5. The number of H-pyrrole nitrogens is 1. The summed E-state index contributed by atoms with van der Waals surface area (Å²) >= 11 is 6.22. The Labute approximate surface area is 174 Å². The lowest BCUT2D eigenvalue weighted by Gasteiger charge is -2.04. The molecule has 2 heterocycles. The summed E-state index contributed by atoms with van der Waals surface area (Å²) in [5, 5.41) is 4.66. The molecule has 0 atom stereocenters. The fraction of sp³-hybridized carbons (Fsp3) is 0.0476. The second-order valence-electron chi connectivity index (χ2n) is 6.23. The van der Waals surface area contributed by atoms with E-state index in [0.29, 0.717) is 32.8 Å². The van der Waals surface area contributed by atoms with Crippen LogP contribution in [0.3, 0.4) is 0 Å². The number of para-hydroxylation sites is 1. The van der Waals surface area contributed by atoms with Crippen LogP contribution < -0.4 is 11.2 Å². The van der Waals surface area contributed by atoms with Crippen LogP contribution in [0.25, 0.3) is 22.2 Å². The Balaban J connectivity index is 1.69. The van der Waals surface area contributed by atoms with Gasteiger partial charge >= 0.3 is 11.7 Å². The Morgan fingerprint density at radius 1 is 1.17 bits per heavy atom. The number of aromatic nitrogens is 2. The van der Waals surface area contributed by atoms with E-state index < -0.39 is 17.2 Å². The molecule has 0 aliphatic rings. The minimum atomic E-state index is -0.671. The van der Waals surface area contributed by atoms with Crippen LogP contribution in [0.15, 0.2) is 73.7 Å². The maximum atomic E-state index is 12.5. The lowest BCUT2D eigenvalue weighted by Crippen LogP contribution is -2.32. The SMILES string of the molecule is COC(=O)c1ccc(Cl)c(-c2ccc(C=Nn3c(=O)[nH]c4ccccc4c3=O)o2)c1. The number of fused-ring (bicyclic) bond motifs is 1. The first-order valence-electron chi connectivity index (χ1n) is 8.74. The van der Waals surface area contributed by atoms with Crippen LogP contribution in [-0.2, 0) is 4.74 Å². The van der Waals surface area contributed by atoms with Crippen molar-refractivity contribution in [3.8, 4) is 11.3 Å². The van der Waals surface area contributed by atoms with Crippen molar-refractivity contribution >= 4 is 34.7 Å². The highest BCUT2D eigenvalue weighted by atomic mass is 35.5. The van der Waals surface area contributed by atoms with Crippen molar-refractivity contribution in [1.29, 1.82) is 0 Å². The van der Waals surface area contributed by atoms with Crippen LogP contribution in [-0.4, -0.2) is 29.0 Å². The third kappa shape index (κ3) is 3.56. The molecule has 0 saturated carbocycles. The normalized spacial score (nSPS) is 11.3. The number of methoxy groups -OCH3 is 1. The number of nitrogens with zero attached hydrogens (tertiary/aromatic N) is 2. The maximum Gasteiger partial charge on any atom is 0.349 e. The van der Waals surface area contributed by atoms with Crippen molar-refractivity contribution in [1.82, 2.24) is 9.66 Å². The third-order valence-electron chi connectivity index (χ3n) is 4.36. The molecule has 4 aromatic rings. The Morgan fingerprint density at radius 2 is 1.97 bits per heavy atom. The molecule has 8 nitrogen and oxygen atoms in total. The molecule has 30 heavy (non-hydrogen) atoms. The van der Waals surface area contributed by atoms with Crippen molar-refractivity contribution in [2.75, 3.05) is 7.11 Å². The third-order valence-corrected chi connectivity index (χ3v) is 4.69. The van der Waals surface area contributed by atoms with Gasteiger partial charge in [0, 0.05) is 5.56 Å². The maximum absolute atomic E-state index is 12.5. The van der Waals surface area contributed by atoms with E-state index in [0.717, 1.165) is 4.68 Å². The zero-order valence-electron chi connectivity index (χ0n) is 15.6. The molecule has 1 N–H and O–H groups in total. The van der Waals surface area contributed by atoms with Crippen LogP contribution in [0.4, 0.5) is 0 Å². The molecular formula is C21H14ClN3O5. The Morgan fingerprint density at radius 3 is 2.77 bits per heavy atom. The molecule has 0 bridgehead atoms. The van der Waals surface area contributed by atoms with Gasteiger partial charge in [0.05, 0.1) is 34.8 Å². The monoisotopic (exact) mass is 423 g/mol. The van der Waals surface area contributed by atoms with Gasteiger partial charge in [0.15, 0.2) is 0 Å². The number of rotatable bonds is 4. The van der Waals surface area contributed by atoms with Gasteiger partial charge in [0.25, 0.3) is 5.56 Å². The number of halogens is 1. The number of esters is 1. The van der Waals surface area contributed by atoms with Gasteiger partial charge in [-0.1, -0.05) is 23.7 Å². The molecule has 0 spiro atoms. The number of nitrogens with one attached hydrogen (secondary N) is 1. The molecule has 4 rings (SSSR count). The molecular weight excluding hydrogens is 410 g/mol. The summed E-state index contributed by atoms with van der Waals surface area (Å²) in [6.07, 6.45) is 1.24. The molecule has 0 amide bonds. The lowest BCUT2D eigenvalue weighted by molar-refractivity contribution is 0.0601. The molecule has 0 radical (unpaired) electrons. The van der Waals surface area contributed by atoms with Gasteiger partial charge in [0.2, 0.25) is 0 Å². The van der Waals surface area contributed by atoms with Gasteiger partial charge in [-0.2, -0.15) is 5.10 Å². The highest BCUT2D eigenvalue weighted by molar-refractivity contribution is 6.33. The summed E-state index contributed by atoms with van der Waals surface area (Å²) < 4.78 is 11.1. The van der Waals surface area contributed by atoms with Gasteiger partial charge in [-0.25, -0.2) is 9.59 Å². The van der Waals surface area contributed by atoms with Crippen molar-refractivity contribution < 1.29 is 13.9 Å². The topological polar surface area (TPSA) is 107 Å². The highest BCUT2D eigenvalue weighted by Gasteiger charge is 2.13. The van der Waals surface area contributed by atoms with Gasteiger partial charge in [0.1, 0.15) is 11.5 Å². The molecule has 0 fully saturated rings. The van der Waals surface area contributed by atoms with Gasteiger partial charge in [-0.15, -0.1) is 4.68 Å². The molecule has 0 aliphatic carbocycles. The summed E-state index contributed by atoms with van der Waals surface area (Å²) in [4.78, 5) is 39.0. The van der Waals surface area contributed by atoms with Crippen LogP contribution >= 0.6 is 11.6 Å².